The number of ether oxygens (including phenoxy) is 1. The van der Waals surface area contributed by atoms with Crippen LogP contribution in [-0.2, 0) is 11.3 Å². The molecule has 8 nitrogen and oxygen atoms in total. The summed E-state index contributed by atoms with van der Waals surface area (Å²) in [6.07, 6.45) is 2.00. The third kappa shape index (κ3) is 8.55. The van der Waals surface area contributed by atoms with Crippen LogP contribution in [-0.4, -0.2) is 50.4 Å². The Morgan fingerprint density at radius 1 is 1.08 bits per heavy atom. The molecule has 1 aliphatic heterocycles. The monoisotopic (exact) mass is 537 g/mol. The van der Waals surface area contributed by atoms with Gasteiger partial charge in [-0.15, -0.1) is 0 Å². The first kappa shape index (κ1) is 30.2. The van der Waals surface area contributed by atoms with Crippen LogP contribution in [0.25, 0.3) is 22.8 Å². The van der Waals surface area contributed by atoms with E-state index in [1.165, 1.54) is 0 Å². The lowest BCUT2D eigenvalue weighted by atomic mass is 9.76. The minimum Gasteiger partial charge on any atom is -0.504 e. The number of aromatic hydroxyl groups is 1. The molecule has 0 spiro atoms. The van der Waals surface area contributed by atoms with Gasteiger partial charge in [0.2, 0.25) is 5.82 Å². The summed E-state index contributed by atoms with van der Waals surface area (Å²) in [4.78, 5) is 18.4. The zero-order valence-corrected chi connectivity index (χ0v) is 24.3. The predicted octanol–water partition coefficient (Wildman–Crippen LogP) is 7.03. The lowest BCUT2D eigenvalue weighted by Gasteiger charge is -2.38. The van der Waals surface area contributed by atoms with Crippen LogP contribution >= 0.6 is 0 Å². The Labute approximate surface area is 232 Å². The highest BCUT2D eigenvalue weighted by Gasteiger charge is 2.39. The number of carbonyl (C=O) groups is 1. The van der Waals surface area contributed by atoms with Gasteiger partial charge in [-0.2, -0.15) is 4.98 Å². The highest BCUT2D eigenvalue weighted by atomic mass is 16.5. The Kier molecular flexibility index (Phi) is 9.78. The van der Waals surface area contributed by atoms with Gasteiger partial charge < -0.3 is 19.5 Å². The zero-order chi connectivity index (χ0) is 28.8. The number of likely N-dealkylation sites (tertiary alicyclic amines) is 1. The van der Waals surface area contributed by atoms with Crippen molar-refractivity contribution in [2.24, 2.45) is 10.8 Å². The molecule has 0 saturated carbocycles. The molecule has 212 valence electrons. The number of carboxylic acids is 1. The van der Waals surface area contributed by atoms with Crippen LogP contribution in [0.15, 0.2) is 47.0 Å². The Morgan fingerprint density at radius 2 is 1.67 bits per heavy atom. The highest BCUT2D eigenvalue weighted by molar-refractivity contribution is 5.74. The number of rotatable bonds is 8. The minimum atomic E-state index is -0.673. The molecule has 39 heavy (non-hydrogen) atoms. The number of aliphatic carboxylic acids is 1. The summed E-state index contributed by atoms with van der Waals surface area (Å²) < 4.78 is 11.0. The van der Waals surface area contributed by atoms with Crippen LogP contribution in [0.3, 0.4) is 0 Å². The van der Waals surface area contributed by atoms with Gasteiger partial charge >= 0.3 is 5.97 Å². The van der Waals surface area contributed by atoms with Gasteiger partial charge in [0.1, 0.15) is 0 Å². The topological polar surface area (TPSA) is 109 Å². The summed E-state index contributed by atoms with van der Waals surface area (Å²) in [7, 11) is 0. The molecule has 1 aliphatic rings. The summed E-state index contributed by atoms with van der Waals surface area (Å²) in [5.74, 6) is 0.541. The third-order valence-electron chi connectivity index (χ3n) is 6.56. The van der Waals surface area contributed by atoms with Crippen molar-refractivity contribution in [3.8, 4) is 34.3 Å². The smallest absolute Gasteiger partial charge is 0.309 e. The molecule has 1 fully saturated rings. The SMILES string of the molecule is CC(C)(C)C.CCC1(C(=O)O)CCN(Cc2ccc(-c3noc(-c4ccc(OC(C)C)c(O)c4)n3)cc2)CC1. The van der Waals surface area contributed by atoms with Crippen LogP contribution < -0.4 is 4.74 Å². The van der Waals surface area contributed by atoms with Gasteiger partial charge in [0.15, 0.2) is 11.5 Å². The van der Waals surface area contributed by atoms with Crippen molar-refractivity contribution in [1.29, 1.82) is 0 Å². The second-order valence-corrected chi connectivity index (χ2v) is 12.2. The van der Waals surface area contributed by atoms with E-state index in [0.29, 0.717) is 47.7 Å². The van der Waals surface area contributed by atoms with Crippen molar-refractivity contribution in [2.45, 2.75) is 80.4 Å². The first-order valence-corrected chi connectivity index (χ1v) is 13.7. The maximum atomic E-state index is 11.7. The Morgan fingerprint density at radius 3 is 2.18 bits per heavy atom. The summed E-state index contributed by atoms with van der Waals surface area (Å²) in [6, 6.07) is 13.0. The van der Waals surface area contributed by atoms with Gasteiger partial charge in [-0.1, -0.05) is 64.0 Å². The maximum absolute atomic E-state index is 11.7. The molecule has 1 saturated heterocycles. The Bertz CT molecular complexity index is 1210. The predicted molar refractivity (Wildman–Crippen MR) is 153 cm³/mol. The molecule has 0 atom stereocenters. The molecule has 1 aromatic heterocycles. The average Bonchev–Trinajstić information content (AvgIpc) is 3.35. The molecule has 2 N–H and O–H groups in total. The van der Waals surface area contributed by atoms with Crippen LogP contribution in [0.5, 0.6) is 11.5 Å². The van der Waals surface area contributed by atoms with E-state index in [1.807, 2.05) is 45.0 Å². The maximum Gasteiger partial charge on any atom is 0.309 e. The van der Waals surface area contributed by atoms with Crippen molar-refractivity contribution in [3.63, 3.8) is 0 Å². The number of hydrogen-bond donors (Lipinski definition) is 2. The van der Waals surface area contributed by atoms with Gasteiger partial charge in [-0.25, -0.2) is 0 Å². The van der Waals surface area contributed by atoms with E-state index in [2.05, 4.69) is 42.7 Å². The number of benzene rings is 2. The van der Waals surface area contributed by atoms with Crippen LogP contribution in [0, 0.1) is 10.8 Å². The van der Waals surface area contributed by atoms with E-state index in [1.54, 1.807) is 18.2 Å². The quantitative estimate of drug-likeness (QED) is 0.315. The van der Waals surface area contributed by atoms with Crippen LogP contribution in [0.2, 0.25) is 0 Å². The van der Waals surface area contributed by atoms with Crippen LogP contribution in [0.4, 0.5) is 0 Å². The molecule has 0 bridgehead atoms. The zero-order valence-electron chi connectivity index (χ0n) is 24.3. The minimum absolute atomic E-state index is 0.0209. The molecule has 3 aromatic rings. The van der Waals surface area contributed by atoms with Crippen molar-refractivity contribution >= 4 is 5.97 Å². The Balaban J connectivity index is 0.000000771. The molecule has 4 rings (SSSR count). The number of phenolic OH excluding ortho intramolecular Hbond substituents is 1. The molecular weight excluding hydrogens is 494 g/mol. The summed E-state index contributed by atoms with van der Waals surface area (Å²) in [6.45, 7) is 16.8. The van der Waals surface area contributed by atoms with Crippen molar-refractivity contribution < 1.29 is 24.3 Å². The fourth-order valence-corrected chi connectivity index (χ4v) is 4.34. The molecule has 2 aromatic carbocycles. The fourth-order valence-electron chi connectivity index (χ4n) is 4.34. The number of hydrogen-bond acceptors (Lipinski definition) is 7. The van der Waals surface area contributed by atoms with Crippen LogP contribution in [0.1, 0.15) is 73.3 Å². The second-order valence-electron chi connectivity index (χ2n) is 12.2. The van der Waals surface area contributed by atoms with Crippen molar-refractivity contribution in [1.82, 2.24) is 15.0 Å². The molecular formula is C31H43N3O5. The largest absolute Gasteiger partial charge is 0.504 e. The fraction of sp³-hybridized carbons (Fsp3) is 0.516. The molecule has 0 aliphatic carbocycles. The first-order valence-electron chi connectivity index (χ1n) is 13.7. The van der Waals surface area contributed by atoms with Crippen molar-refractivity contribution in [2.75, 3.05) is 13.1 Å². The van der Waals surface area contributed by atoms with E-state index in [0.717, 1.165) is 30.8 Å². The third-order valence-corrected chi connectivity index (χ3v) is 6.56. The Hall–Kier alpha value is -3.39. The van der Waals surface area contributed by atoms with E-state index < -0.39 is 11.4 Å². The van der Waals surface area contributed by atoms with Gasteiger partial charge in [0.25, 0.3) is 5.89 Å². The standard InChI is InChI=1S/C26H31N3O5.C5H12/c1-4-26(25(31)32)11-13-29(14-12-26)16-18-5-7-19(8-6-18)23-27-24(34-28-23)20-9-10-22(21(30)15-20)33-17(2)3;1-5(2,3)4/h5-10,15,17,30H,4,11-14,16H2,1-3H3,(H,31,32);1-4H3. The van der Waals surface area contributed by atoms with Gasteiger partial charge in [0, 0.05) is 17.7 Å². The van der Waals surface area contributed by atoms with E-state index in [9.17, 15) is 15.0 Å². The van der Waals surface area contributed by atoms with Gasteiger partial charge in [0.05, 0.1) is 11.5 Å². The van der Waals surface area contributed by atoms with E-state index >= 15 is 0 Å². The van der Waals surface area contributed by atoms with Gasteiger partial charge in [-0.05, 0) is 75.4 Å². The number of phenols is 1. The number of carboxylic acid groups (broad SMARTS) is 1. The average molecular weight is 538 g/mol. The molecule has 0 amide bonds. The molecule has 2 heterocycles. The molecule has 8 heteroatoms. The normalized spacial score (nSPS) is 15.5. The second kappa shape index (κ2) is 12.6. The van der Waals surface area contributed by atoms with E-state index in [-0.39, 0.29) is 11.9 Å². The summed E-state index contributed by atoms with van der Waals surface area (Å²) >= 11 is 0. The summed E-state index contributed by atoms with van der Waals surface area (Å²) in [5.41, 5.74) is 2.52. The number of nitrogens with zero attached hydrogens (tertiary/aromatic N) is 3. The number of piperidine rings is 1. The summed E-state index contributed by atoms with van der Waals surface area (Å²) in [5, 5.41) is 23.9. The van der Waals surface area contributed by atoms with Gasteiger partial charge in [-0.3, -0.25) is 9.69 Å². The van der Waals surface area contributed by atoms with Crippen molar-refractivity contribution in [3.05, 3.63) is 48.0 Å². The molecule has 0 radical (unpaired) electrons. The number of aromatic nitrogens is 2. The highest BCUT2D eigenvalue weighted by Crippen LogP contribution is 2.36. The molecule has 0 unspecified atom stereocenters. The lowest BCUT2D eigenvalue weighted by molar-refractivity contribution is -0.152. The van der Waals surface area contributed by atoms with E-state index in [4.69, 9.17) is 9.26 Å². The first-order chi connectivity index (χ1) is 18.3. The lowest BCUT2D eigenvalue weighted by Crippen LogP contribution is -2.43.